The molecule has 1 aliphatic heterocycles. The van der Waals surface area contributed by atoms with Gasteiger partial charge in [0.05, 0.1) is 24.3 Å². The molecule has 1 aromatic carbocycles. The number of sulfone groups is 1. The quantitative estimate of drug-likeness (QED) is 0.883. The monoisotopic (exact) mass is 312 g/mol. The molecule has 2 rings (SSSR count). The van der Waals surface area contributed by atoms with E-state index in [4.69, 9.17) is 4.74 Å². The summed E-state index contributed by atoms with van der Waals surface area (Å²) in [5.74, 6) is 0.863. The molecule has 0 unspecified atom stereocenters. The second-order valence-corrected chi connectivity index (χ2v) is 7.47. The predicted octanol–water partition coefficient (Wildman–Crippen LogP) is 1.64. The first-order chi connectivity index (χ1) is 9.89. The lowest BCUT2D eigenvalue weighted by molar-refractivity contribution is -0.114. The molecule has 1 amide bonds. The zero-order valence-electron chi connectivity index (χ0n) is 12.2. The number of carbonyl (C=O) groups is 1. The third-order valence-electron chi connectivity index (χ3n) is 3.44. The molecule has 0 aliphatic carbocycles. The largest absolute Gasteiger partial charge is 0.494 e. The first kappa shape index (κ1) is 15.6. The van der Waals surface area contributed by atoms with E-state index in [1.54, 1.807) is 12.1 Å². The van der Waals surface area contributed by atoms with E-state index in [2.05, 4.69) is 10.6 Å². The van der Waals surface area contributed by atoms with E-state index in [9.17, 15) is 13.2 Å². The second kappa shape index (κ2) is 6.34. The molecule has 1 aliphatic rings. The number of hydrogen-bond acceptors (Lipinski definition) is 5. The lowest BCUT2D eigenvalue weighted by Crippen LogP contribution is -2.32. The van der Waals surface area contributed by atoms with Gasteiger partial charge in [0.1, 0.15) is 15.6 Å². The molecule has 0 aromatic heterocycles. The van der Waals surface area contributed by atoms with Gasteiger partial charge < -0.3 is 15.4 Å². The van der Waals surface area contributed by atoms with E-state index in [1.165, 1.54) is 14.0 Å². The fourth-order valence-corrected chi connectivity index (χ4v) is 3.84. The number of anilines is 2. The molecule has 116 valence electrons. The average molecular weight is 312 g/mol. The van der Waals surface area contributed by atoms with Crippen molar-refractivity contribution < 1.29 is 17.9 Å². The van der Waals surface area contributed by atoms with Gasteiger partial charge in [-0.1, -0.05) is 0 Å². The van der Waals surface area contributed by atoms with Crippen molar-refractivity contribution in [3.05, 3.63) is 18.2 Å². The summed E-state index contributed by atoms with van der Waals surface area (Å²) in [7, 11) is -1.31. The van der Waals surface area contributed by atoms with Crippen LogP contribution in [0.25, 0.3) is 0 Å². The number of benzene rings is 1. The number of rotatable bonds is 4. The van der Waals surface area contributed by atoms with E-state index >= 15 is 0 Å². The summed E-state index contributed by atoms with van der Waals surface area (Å²) in [6.45, 7) is 1.44. The number of hydrogen-bond donors (Lipinski definition) is 2. The number of amides is 1. The molecule has 21 heavy (non-hydrogen) atoms. The molecule has 6 nitrogen and oxygen atoms in total. The third kappa shape index (κ3) is 4.35. The van der Waals surface area contributed by atoms with E-state index in [0.717, 1.165) is 5.69 Å². The van der Waals surface area contributed by atoms with Gasteiger partial charge in [0.15, 0.2) is 0 Å². The van der Waals surface area contributed by atoms with Gasteiger partial charge in [0.2, 0.25) is 5.91 Å². The molecule has 0 saturated carbocycles. The van der Waals surface area contributed by atoms with E-state index in [0.29, 0.717) is 24.3 Å². The first-order valence-electron chi connectivity index (χ1n) is 6.82. The van der Waals surface area contributed by atoms with Crippen molar-refractivity contribution in [3.8, 4) is 5.75 Å². The highest BCUT2D eigenvalue weighted by Gasteiger charge is 2.23. The molecule has 7 heteroatoms. The Labute approximate surface area is 124 Å². The van der Waals surface area contributed by atoms with Gasteiger partial charge >= 0.3 is 0 Å². The van der Waals surface area contributed by atoms with Gasteiger partial charge in [-0.15, -0.1) is 0 Å². The second-order valence-electron chi connectivity index (χ2n) is 5.17. The molecular formula is C14H20N2O4S. The molecule has 1 heterocycles. The Morgan fingerprint density at radius 3 is 2.52 bits per heavy atom. The minimum Gasteiger partial charge on any atom is -0.494 e. The molecule has 0 bridgehead atoms. The smallest absolute Gasteiger partial charge is 0.221 e. The molecule has 0 spiro atoms. The standard InChI is InChI=1S/C14H20N2O4S/c1-10(17)15-13-4-3-12(9-14(13)20-2)16-11-5-7-21(18,19)8-6-11/h3-4,9,11,16H,5-8H2,1-2H3,(H,15,17). The number of ether oxygens (including phenoxy) is 1. The molecular weight excluding hydrogens is 292 g/mol. The molecule has 0 atom stereocenters. The highest BCUT2D eigenvalue weighted by Crippen LogP contribution is 2.29. The maximum Gasteiger partial charge on any atom is 0.221 e. The van der Waals surface area contributed by atoms with E-state index in [1.807, 2.05) is 6.07 Å². The summed E-state index contributed by atoms with van der Waals surface area (Å²) in [4.78, 5) is 11.1. The molecule has 1 aromatic rings. The Morgan fingerprint density at radius 2 is 1.95 bits per heavy atom. The van der Waals surface area contributed by atoms with Crippen LogP contribution in [0, 0.1) is 0 Å². The van der Waals surface area contributed by atoms with E-state index in [-0.39, 0.29) is 23.5 Å². The molecule has 1 saturated heterocycles. The lowest BCUT2D eigenvalue weighted by Gasteiger charge is -2.24. The highest BCUT2D eigenvalue weighted by molar-refractivity contribution is 7.91. The molecule has 2 N–H and O–H groups in total. The molecule has 1 fully saturated rings. The van der Waals surface area contributed by atoms with Crippen LogP contribution in [-0.4, -0.2) is 39.0 Å². The number of carbonyl (C=O) groups excluding carboxylic acids is 1. The first-order valence-corrected chi connectivity index (χ1v) is 8.64. The Kier molecular flexibility index (Phi) is 4.72. The van der Waals surface area contributed by atoms with Crippen molar-refractivity contribution in [2.75, 3.05) is 29.2 Å². The SMILES string of the molecule is COc1cc(NC2CCS(=O)(=O)CC2)ccc1NC(C)=O. The topological polar surface area (TPSA) is 84.5 Å². The van der Waals surface area contributed by atoms with Gasteiger partial charge in [0, 0.05) is 24.7 Å². The summed E-state index contributed by atoms with van der Waals surface area (Å²) in [5.41, 5.74) is 1.46. The maximum atomic E-state index is 11.4. The van der Waals surface area contributed by atoms with Gasteiger partial charge in [0.25, 0.3) is 0 Å². The Balaban J connectivity index is 2.06. The van der Waals surface area contributed by atoms with Crippen LogP contribution in [0.5, 0.6) is 5.75 Å². The van der Waals surface area contributed by atoms with Gasteiger partial charge in [-0.25, -0.2) is 8.42 Å². The maximum absolute atomic E-state index is 11.4. The third-order valence-corrected chi connectivity index (χ3v) is 5.15. The highest BCUT2D eigenvalue weighted by atomic mass is 32.2. The van der Waals surface area contributed by atoms with E-state index < -0.39 is 9.84 Å². The van der Waals surface area contributed by atoms with Crippen LogP contribution in [0.4, 0.5) is 11.4 Å². The summed E-state index contributed by atoms with van der Waals surface area (Å²) >= 11 is 0. The lowest BCUT2D eigenvalue weighted by atomic mass is 10.1. The summed E-state index contributed by atoms with van der Waals surface area (Å²) in [6.07, 6.45) is 1.22. The predicted molar refractivity (Wildman–Crippen MR) is 82.6 cm³/mol. The Hall–Kier alpha value is -1.76. The van der Waals surface area contributed by atoms with Crippen LogP contribution in [-0.2, 0) is 14.6 Å². The van der Waals surface area contributed by atoms with Crippen molar-refractivity contribution >= 4 is 27.1 Å². The number of nitrogens with one attached hydrogen (secondary N) is 2. The van der Waals surface area contributed by atoms with Crippen LogP contribution in [0.15, 0.2) is 18.2 Å². The summed E-state index contributed by atoms with van der Waals surface area (Å²) in [6, 6.07) is 5.55. The van der Waals surface area contributed by atoms with Crippen LogP contribution in [0.1, 0.15) is 19.8 Å². The van der Waals surface area contributed by atoms with Crippen LogP contribution in [0.3, 0.4) is 0 Å². The van der Waals surface area contributed by atoms with Crippen LogP contribution < -0.4 is 15.4 Å². The fraction of sp³-hybridized carbons (Fsp3) is 0.500. The van der Waals surface area contributed by atoms with Gasteiger partial charge in [-0.3, -0.25) is 4.79 Å². The Bertz CT molecular complexity index is 614. The van der Waals surface area contributed by atoms with Crippen molar-refractivity contribution in [2.45, 2.75) is 25.8 Å². The molecule has 0 radical (unpaired) electrons. The minimum atomic E-state index is -2.85. The fourth-order valence-electron chi connectivity index (χ4n) is 2.34. The minimum absolute atomic E-state index is 0.143. The van der Waals surface area contributed by atoms with Crippen molar-refractivity contribution in [1.82, 2.24) is 0 Å². The van der Waals surface area contributed by atoms with Crippen molar-refractivity contribution in [3.63, 3.8) is 0 Å². The van der Waals surface area contributed by atoms with Crippen LogP contribution >= 0.6 is 0 Å². The van der Waals surface area contributed by atoms with Gasteiger partial charge in [-0.05, 0) is 25.0 Å². The number of methoxy groups -OCH3 is 1. The van der Waals surface area contributed by atoms with Crippen molar-refractivity contribution in [2.24, 2.45) is 0 Å². The average Bonchev–Trinajstić information content (AvgIpc) is 2.42. The normalized spacial score (nSPS) is 18.0. The van der Waals surface area contributed by atoms with Gasteiger partial charge in [-0.2, -0.15) is 0 Å². The summed E-state index contributed by atoms with van der Waals surface area (Å²) in [5, 5.41) is 6.01. The zero-order chi connectivity index (χ0) is 15.5. The van der Waals surface area contributed by atoms with Crippen LogP contribution in [0.2, 0.25) is 0 Å². The Morgan fingerprint density at radius 1 is 1.29 bits per heavy atom. The zero-order valence-corrected chi connectivity index (χ0v) is 13.0. The van der Waals surface area contributed by atoms with Crippen molar-refractivity contribution in [1.29, 1.82) is 0 Å². The summed E-state index contributed by atoms with van der Waals surface area (Å²) < 4.78 is 28.1.